The van der Waals surface area contributed by atoms with Gasteiger partial charge in [-0.2, -0.15) is 0 Å². The van der Waals surface area contributed by atoms with Gasteiger partial charge in [0.2, 0.25) is 0 Å². The van der Waals surface area contributed by atoms with E-state index in [2.05, 4.69) is 26.6 Å². The molecule has 2 aromatic heterocycles. The van der Waals surface area contributed by atoms with Gasteiger partial charge in [0.1, 0.15) is 0 Å². The van der Waals surface area contributed by atoms with Crippen molar-refractivity contribution in [2.75, 3.05) is 20.6 Å². The summed E-state index contributed by atoms with van der Waals surface area (Å²) >= 11 is 1.70. The highest BCUT2D eigenvalue weighted by atomic mass is 32.1. The summed E-state index contributed by atoms with van der Waals surface area (Å²) in [7, 11) is 4.04. The molecule has 2 rings (SSSR count). The molecule has 4 nitrogen and oxygen atoms in total. The van der Waals surface area contributed by atoms with Crippen molar-refractivity contribution in [1.29, 1.82) is 0 Å². The Bertz CT molecular complexity index is 549. The molecular formula is C15H19N3OS. The molecule has 1 N–H and O–H groups in total. The van der Waals surface area contributed by atoms with Gasteiger partial charge in [0.25, 0.3) is 5.91 Å². The first-order chi connectivity index (χ1) is 9.58. The molecule has 2 heterocycles. The van der Waals surface area contributed by atoms with Crippen LogP contribution in [-0.4, -0.2) is 36.4 Å². The number of thiophene rings is 1. The maximum absolute atomic E-state index is 12.1. The van der Waals surface area contributed by atoms with Gasteiger partial charge in [-0.15, -0.1) is 11.3 Å². The third-order valence-corrected chi connectivity index (χ3v) is 4.10. The Hall–Kier alpha value is -1.72. The number of nitrogens with one attached hydrogen (secondary N) is 1. The van der Waals surface area contributed by atoms with Crippen molar-refractivity contribution < 1.29 is 4.79 Å². The fourth-order valence-corrected chi connectivity index (χ4v) is 2.83. The van der Waals surface area contributed by atoms with E-state index in [4.69, 9.17) is 0 Å². The second-order valence-electron chi connectivity index (χ2n) is 4.89. The highest BCUT2D eigenvalue weighted by Crippen LogP contribution is 2.22. The first kappa shape index (κ1) is 14.7. The summed E-state index contributed by atoms with van der Waals surface area (Å²) in [6.45, 7) is 2.49. The second kappa shape index (κ2) is 6.63. The van der Waals surface area contributed by atoms with E-state index in [0.29, 0.717) is 12.1 Å². The van der Waals surface area contributed by atoms with Gasteiger partial charge >= 0.3 is 0 Å². The molecule has 0 spiro atoms. The standard InChI is InChI=1S/C15H19N3OS/c1-11-6-7-12(9-16-11)15(19)17-10-13(18(2)3)14-5-4-8-20-14/h4-9,13H,10H2,1-3H3,(H,17,19). The van der Waals surface area contributed by atoms with Gasteiger partial charge in [-0.1, -0.05) is 6.07 Å². The SMILES string of the molecule is Cc1ccc(C(=O)NCC(c2cccs2)N(C)C)cn1. The molecular weight excluding hydrogens is 270 g/mol. The normalized spacial score (nSPS) is 12.4. The zero-order chi connectivity index (χ0) is 14.5. The summed E-state index contributed by atoms with van der Waals surface area (Å²) in [4.78, 5) is 19.6. The van der Waals surface area contributed by atoms with Gasteiger partial charge in [0.05, 0.1) is 11.6 Å². The Morgan fingerprint density at radius 1 is 1.40 bits per heavy atom. The van der Waals surface area contributed by atoms with Gasteiger partial charge in [-0.3, -0.25) is 9.78 Å². The molecule has 0 radical (unpaired) electrons. The second-order valence-corrected chi connectivity index (χ2v) is 5.87. The van der Waals surface area contributed by atoms with Crippen LogP contribution in [0.4, 0.5) is 0 Å². The fourth-order valence-electron chi connectivity index (χ4n) is 1.91. The number of carbonyl (C=O) groups excluding carboxylic acids is 1. The van der Waals surface area contributed by atoms with E-state index < -0.39 is 0 Å². The third kappa shape index (κ3) is 3.65. The first-order valence-corrected chi connectivity index (χ1v) is 7.36. The number of aryl methyl sites for hydroxylation is 1. The highest BCUT2D eigenvalue weighted by molar-refractivity contribution is 7.10. The molecule has 0 bridgehead atoms. The number of carbonyl (C=O) groups is 1. The van der Waals surface area contributed by atoms with Crippen LogP contribution in [0, 0.1) is 6.92 Å². The minimum Gasteiger partial charge on any atom is -0.350 e. The Balaban J connectivity index is 1.99. The number of amides is 1. The minimum atomic E-state index is -0.0825. The average Bonchev–Trinajstić information content (AvgIpc) is 2.93. The zero-order valence-electron chi connectivity index (χ0n) is 12.0. The summed E-state index contributed by atoms with van der Waals surface area (Å²) in [5.41, 5.74) is 1.51. The number of hydrogen-bond acceptors (Lipinski definition) is 4. The van der Waals surface area contributed by atoms with Crippen LogP contribution in [0.5, 0.6) is 0 Å². The van der Waals surface area contributed by atoms with Crippen LogP contribution in [-0.2, 0) is 0 Å². The number of aromatic nitrogens is 1. The number of hydrogen-bond donors (Lipinski definition) is 1. The summed E-state index contributed by atoms with van der Waals surface area (Å²) in [5, 5.41) is 5.03. The van der Waals surface area contributed by atoms with Crippen molar-refractivity contribution >= 4 is 17.2 Å². The molecule has 1 amide bonds. The van der Waals surface area contributed by atoms with E-state index in [1.165, 1.54) is 4.88 Å². The van der Waals surface area contributed by atoms with E-state index in [0.717, 1.165) is 5.69 Å². The number of nitrogens with zero attached hydrogens (tertiary/aromatic N) is 2. The van der Waals surface area contributed by atoms with Crippen LogP contribution in [0.15, 0.2) is 35.8 Å². The Labute approximate surface area is 123 Å². The summed E-state index contributed by atoms with van der Waals surface area (Å²) in [6.07, 6.45) is 1.61. The van der Waals surface area contributed by atoms with E-state index in [1.807, 2.05) is 33.2 Å². The van der Waals surface area contributed by atoms with Gasteiger partial charge in [-0.25, -0.2) is 0 Å². The van der Waals surface area contributed by atoms with Crippen molar-refractivity contribution in [2.45, 2.75) is 13.0 Å². The average molecular weight is 289 g/mol. The molecule has 20 heavy (non-hydrogen) atoms. The van der Waals surface area contributed by atoms with Crippen molar-refractivity contribution in [3.63, 3.8) is 0 Å². The molecule has 0 fully saturated rings. The first-order valence-electron chi connectivity index (χ1n) is 6.48. The molecule has 0 aliphatic heterocycles. The lowest BCUT2D eigenvalue weighted by atomic mass is 10.2. The largest absolute Gasteiger partial charge is 0.350 e. The maximum Gasteiger partial charge on any atom is 0.252 e. The van der Waals surface area contributed by atoms with Crippen LogP contribution in [0.25, 0.3) is 0 Å². The van der Waals surface area contributed by atoms with Crippen molar-refractivity contribution in [1.82, 2.24) is 15.2 Å². The van der Waals surface area contributed by atoms with E-state index in [9.17, 15) is 4.79 Å². The number of pyridine rings is 1. The molecule has 0 aliphatic rings. The van der Waals surface area contributed by atoms with E-state index in [-0.39, 0.29) is 11.9 Å². The Kier molecular flexibility index (Phi) is 4.87. The monoisotopic (exact) mass is 289 g/mol. The lowest BCUT2D eigenvalue weighted by Gasteiger charge is -2.23. The van der Waals surface area contributed by atoms with E-state index >= 15 is 0 Å². The molecule has 0 aliphatic carbocycles. The van der Waals surface area contributed by atoms with Crippen molar-refractivity contribution in [3.8, 4) is 0 Å². The summed E-state index contributed by atoms with van der Waals surface area (Å²) in [6, 6.07) is 7.96. The molecule has 0 aromatic carbocycles. The van der Waals surface area contributed by atoms with Crippen molar-refractivity contribution in [3.05, 3.63) is 52.0 Å². The quantitative estimate of drug-likeness (QED) is 0.920. The molecule has 0 saturated carbocycles. The predicted octanol–water partition coefficient (Wildman–Crippen LogP) is 2.48. The Morgan fingerprint density at radius 3 is 2.75 bits per heavy atom. The van der Waals surface area contributed by atoms with Gasteiger partial charge in [0.15, 0.2) is 0 Å². The van der Waals surface area contributed by atoms with Gasteiger partial charge < -0.3 is 10.2 Å². The van der Waals surface area contributed by atoms with Crippen LogP contribution in [0.2, 0.25) is 0 Å². The third-order valence-electron chi connectivity index (χ3n) is 3.12. The minimum absolute atomic E-state index is 0.0825. The topological polar surface area (TPSA) is 45.2 Å². The van der Waals surface area contributed by atoms with Gasteiger partial charge in [0, 0.05) is 23.3 Å². The maximum atomic E-state index is 12.1. The van der Waals surface area contributed by atoms with E-state index in [1.54, 1.807) is 23.6 Å². The van der Waals surface area contributed by atoms with Crippen molar-refractivity contribution in [2.24, 2.45) is 0 Å². The van der Waals surface area contributed by atoms with Crippen LogP contribution < -0.4 is 5.32 Å². The van der Waals surface area contributed by atoms with Crippen LogP contribution in [0.3, 0.4) is 0 Å². The molecule has 0 saturated heterocycles. The molecule has 2 aromatic rings. The molecule has 1 unspecified atom stereocenters. The van der Waals surface area contributed by atoms with Gasteiger partial charge in [-0.05, 0) is 44.6 Å². The van der Waals surface area contributed by atoms with Crippen LogP contribution >= 0.6 is 11.3 Å². The lowest BCUT2D eigenvalue weighted by molar-refractivity contribution is 0.0942. The lowest BCUT2D eigenvalue weighted by Crippen LogP contribution is -2.34. The summed E-state index contributed by atoms with van der Waals surface area (Å²) in [5.74, 6) is -0.0825. The molecule has 106 valence electrons. The zero-order valence-corrected chi connectivity index (χ0v) is 12.8. The highest BCUT2D eigenvalue weighted by Gasteiger charge is 2.16. The predicted molar refractivity (Wildman–Crippen MR) is 82.1 cm³/mol. The summed E-state index contributed by atoms with van der Waals surface area (Å²) < 4.78 is 0. The fraction of sp³-hybridized carbons (Fsp3) is 0.333. The number of likely N-dealkylation sites (N-methyl/N-ethyl adjacent to an activating group) is 1. The number of rotatable bonds is 5. The molecule has 1 atom stereocenters. The molecule has 5 heteroatoms. The smallest absolute Gasteiger partial charge is 0.252 e. The van der Waals surface area contributed by atoms with Crippen LogP contribution in [0.1, 0.15) is 27.0 Å². The Morgan fingerprint density at radius 2 is 2.20 bits per heavy atom.